The van der Waals surface area contributed by atoms with Gasteiger partial charge in [-0.25, -0.2) is 9.30 Å². The van der Waals surface area contributed by atoms with Gasteiger partial charge in [-0.05, 0) is 17.7 Å². The maximum absolute atomic E-state index is 12.2. The van der Waals surface area contributed by atoms with E-state index >= 15 is 0 Å². The number of aromatic amines is 1. The Bertz CT molecular complexity index is 1180. The molecule has 0 fully saturated rings. The lowest BCUT2D eigenvalue weighted by molar-refractivity contribution is -0.586. The van der Waals surface area contributed by atoms with E-state index in [4.69, 9.17) is 10.5 Å². The van der Waals surface area contributed by atoms with E-state index in [9.17, 15) is 23.0 Å². The molecule has 0 saturated carbocycles. The van der Waals surface area contributed by atoms with Crippen LogP contribution in [-0.4, -0.2) is 34.6 Å². The summed E-state index contributed by atoms with van der Waals surface area (Å²) in [5, 5.41) is 12.2. The van der Waals surface area contributed by atoms with Crippen molar-refractivity contribution in [3.8, 4) is 5.75 Å². The standard InChI is InChI=1S/C14H15N5O6S/c1-7-18(12-11(19(7)21)13(20)17-14(15)16-12)6-8-3-4-9(25-2)10(5-8)26(22,23)24/h3-5H,6H2,1-2H3,(H,22,23,24)(H3,15,16,17,20). The number of fused-ring (bicyclic) bond motifs is 1. The minimum Gasteiger partial charge on any atom is -0.710 e. The van der Waals surface area contributed by atoms with E-state index in [0.717, 1.165) is 0 Å². The number of hydrogen-bond donors (Lipinski definition) is 3. The third kappa shape index (κ3) is 2.84. The van der Waals surface area contributed by atoms with Crippen LogP contribution in [0, 0.1) is 12.1 Å². The highest BCUT2D eigenvalue weighted by Crippen LogP contribution is 2.25. The summed E-state index contributed by atoms with van der Waals surface area (Å²) in [7, 11) is -3.24. The van der Waals surface area contributed by atoms with Gasteiger partial charge in [-0.15, -0.1) is 0 Å². The van der Waals surface area contributed by atoms with Gasteiger partial charge in [0.15, 0.2) is 0 Å². The number of hydrogen-bond acceptors (Lipinski definition) is 7. The quantitative estimate of drug-likeness (QED) is 0.310. The molecule has 0 saturated heterocycles. The van der Waals surface area contributed by atoms with Gasteiger partial charge < -0.3 is 15.7 Å². The second kappa shape index (κ2) is 6.00. The number of nitrogen functional groups attached to an aromatic ring is 1. The van der Waals surface area contributed by atoms with Crippen LogP contribution >= 0.6 is 0 Å². The molecule has 3 aromatic rings. The fourth-order valence-corrected chi connectivity index (χ4v) is 3.37. The van der Waals surface area contributed by atoms with Crippen LogP contribution in [0.5, 0.6) is 5.75 Å². The summed E-state index contributed by atoms with van der Waals surface area (Å²) >= 11 is 0. The Morgan fingerprint density at radius 1 is 1.46 bits per heavy atom. The van der Waals surface area contributed by atoms with Crippen LogP contribution < -0.4 is 20.8 Å². The third-order valence-corrected chi connectivity index (χ3v) is 4.76. The van der Waals surface area contributed by atoms with Gasteiger partial charge in [0.25, 0.3) is 27.1 Å². The van der Waals surface area contributed by atoms with Crippen LogP contribution in [0.25, 0.3) is 11.2 Å². The molecule has 11 nitrogen and oxygen atoms in total. The molecule has 1 aromatic carbocycles. The van der Waals surface area contributed by atoms with Gasteiger partial charge in [-0.1, -0.05) is 6.07 Å². The number of nitrogens with two attached hydrogens (primary N) is 1. The second-order valence-electron chi connectivity index (χ2n) is 5.51. The highest BCUT2D eigenvalue weighted by atomic mass is 32.2. The molecule has 12 heteroatoms. The van der Waals surface area contributed by atoms with Crippen molar-refractivity contribution in [2.24, 2.45) is 0 Å². The summed E-state index contributed by atoms with van der Waals surface area (Å²) in [6.45, 7) is 1.50. The summed E-state index contributed by atoms with van der Waals surface area (Å²) in [5.41, 5.74) is 5.14. The molecular formula is C14H15N5O6S. The molecule has 0 unspecified atom stereocenters. The lowest BCUT2D eigenvalue weighted by Crippen LogP contribution is -2.33. The van der Waals surface area contributed by atoms with E-state index in [0.29, 0.717) is 10.3 Å². The van der Waals surface area contributed by atoms with Gasteiger partial charge in [0.05, 0.1) is 7.11 Å². The van der Waals surface area contributed by atoms with Crippen molar-refractivity contribution in [1.82, 2.24) is 14.5 Å². The van der Waals surface area contributed by atoms with Crippen molar-refractivity contribution in [2.45, 2.75) is 18.4 Å². The molecule has 2 heterocycles. The van der Waals surface area contributed by atoms with Gasteiger partial charge in [-0.3, -0.25) is 14.3 Å². The lowest BCUT2D eigenvalue weighted by atomic mass is 10.2. The number of nitrogens with one attached hydrogen (secondary N) is 1. The van der Waals surface area contributed by atoms with E-state index < -0.39 is 20.6 Å². The fraction of sp³-hybridized carbons (Fsp3) is 0.214. The van der Waals surface area contributed by atoms with Crippen LogP contribution in [0.2, 0.25) is 0 Å². The molecule has 0 amide bonds. The molecule has 0 radical (unpaired) electrons. The zero-order chi connectivity index (χ0) is 19.2. The Morgan fingerprint density at radius 3 is 2.77 bits per heavy atom. The van der Waals surface area contributed by atoms with Crippen LogP contribution in [0.4, 0.5) is 5.95 Å². The number of aromatic nitrogens is 4. The number of nitrogens with zero attached hydrogens (tertiary/aromatic N) is 3. The molecule has 0 aliphatic heterocycles. The molecule has 4 N–H and O–H groups in total. The van der Waals surface area contributed by atoms with Crippen molar-refractivity contribution in [1.29, 1.82) is 0 Å². The Hall–Kier alpha value is -3.12. The Balaban J connectivity index is 2.19. The first-order valence-electron chi connectivity index (χ1n) is 7.26. The van der Waals surface area contributed by atoms with Crippen molar-refractivity contribution in [3.63, 3.8) is 0 Å². The Morgan fingerprint density at radius 2 is 2.15 bits per heavy atom. The smallest absolute Gasteiger partial charge is 0.304 e. The van der Waals surface area contributed by atoms with Crippen LogP contribution in [-0.2, 0) is 16.7 Å². The molecule has 2 aromatic heterocycles. The van der Waals surface area contributed by atoms with E-state index in [1.54, 1.807) is 6.07 Å². The molecule has 26 heavy (non-hydrogen) atoms. The monoisotopic (exact) mass is 381 g/mol. The average Bonchev–Trinajstić information content (AvgIpc) is 2.79. The number of rotatable bonds is 4. The van der Waals surface area contributed by atoms with Crippen LogP contribution in [0.3, 0.4) is 0 Å². The SMILES string of the molecule is COc1ccc(Cn2c(C)[n+]([O-])c3c(=O)[nH]c(N)nc32)cc1S(=O)(=O)O. The molecule has 138 valence electrons. The van der Waals surface area contributed by atoms with Gasteiger partial charge in [0.2, 0.25) is 5.95 Å². The summed E-state index contributed by atoms with van der Waals surface area (Å²) in [6.07, 6.45) is 0. The molecule has 0 atom stereocenters. The minimum atomic E-state index is -4.51. The number of methoxy groups -OCH3 is 1. The fourth-order valence-electron chi connectivity index (χ4n) is 2.66. The molecule has 3 rings (SSSR count). The third-order valence-electron chi connectivity index (χ3n) is 3.88. The Kier molecular flexibility index (Phi) is 4.08. The topological polar surface area (TPSA) is 167 Å². The Labute approximate surface area is 147 Å². The molecule has 0 spiro atoms. The molecular weight excluding hydrogens is 366 g/mol. The second-order valence-corrected chi connectivity index (χ2v) is 6.90. The minimum absolute atomic E-state index is 0.0139. The highest BCUT2D eigenvalue weighted by molar-refractivity contribution is 7.86. The van der Waals surface area contributed by atoms with Gasteiger partial charge in [0.1, 0.15) is 17.2 Å². The number of ether oxygens (including phenoxy) is 1. The average molecular weight is 381 g/mol. The first kappa shape index (κ1) is 17.7. The van der Waals surface area contributed by atoms with E-state index in [-0.39, 0.29) is 35.2 Å². The number of anilines is 1. The molecule has 0 aliphatic carbocycles. The number of imidazole rings is 1. The number of benzene rings is 1. The summed E-state index contributed by atoms with van der Waals surface area (Å²) in [5.74, 6) is -0.0222. The summed E-state index contributed by atoms with van der Waals surface area (Å²) in [4.78, 5) is 17.8. The van der Waals surface area contributed by atoms with E-state index in [1.807, 2.05) is 0 Å². The predicted molar refractivity (Wildman–Crippen MR) is 90.4 cm³/mol. The highest BCUT2D eigenvalue weighted by Gasteiger charge is 2.24. The maximum atomic E-state index is 12.2. The zero-order valence-corrected chi connectivity index (χ0v) is 14.6. The largest absolute Gasteiger partial charge is 0.710 e. The summed E-state index contributed by atoms with van der Waals surface area (Å²) < 4.78 is 39.2. The van der Waals surface area contributed by atoms with Crippen LogP contribution in [0.15, 0.2) is 27.9 Å². The maximum Gasteiger partial charge on any atom is 0.304 e. The molecule has 0 aliphatic rings. The molecule has 0 bridgehead atoms. The predicted octanol–water partition coefficient (Wildman–Crippen LogP) is -0.448. The van der Waals surface area contributed by atoms with E-state index in [1.165, 1.54) is 30.7 Å². The van der Waals surface area contributed by atoms with Crippen LogP contribution in [0.1, 0.15) is 11.4 Å². The van der Waals surface area contributed by atoms with Crippen molar-refractivity contribution in [3.05, 3.63) is 45.1 Å². The van der Waals surface area contributed by atoms with Gasteiger partial charge >= 0.3 is 5.56 Å². The summed E-state index contributed by atoms with van der Waals surface area (Å²) in [6, 6.07) is 4.15. The van der Waals surface area contributed by atoms with Crippen molar-refractivity contribution < 1.29 is 22.4 Å². The normalized spacial score (nSPS) is 11.8. The first-order valence-corrected chi connectivity index (χ1v) is 8.70. The first-order chi connectivity index (χ1) is 12.1. The van der Waals surface area contributed by atoms with E-state index in [2.05, 4.69) is 9.97 Å². The van der Waals surface area contributed by atoms with Crippen molar-refractivity contribution in [2.75, 3.05) is 12.8 Å². The van der Waals surface area contributed by atoms with Crippen molar-refractivity contribution >= 4 is 27.2 Å². The number of H-pyrrole nitrogens is 1. The lowest BCUT2D eigenvalue weighted by Gasteiger charge is -2.08. The van der Waals surface area contributed by atoms with Gasteiger partial charge in [-0.2, -0.15) is 13.4 Å². The van der Waals surface area contributed by atoms with Gasteiger partial charge in [0, 0.05) is 6.92 Å². The zero-order valence-electron chi connectivity index (χ0n) is 13.8.